The van der Waals surface area contributed by atoms with E-state index in [1.807, 2.05) is 13.8 Å². The van der Waals surface area contributed by atoms with Gasteiger partial charge in [-0.2, -0.15) is 0 Å². The molecule has 0 aliphatic heterocycles. The van der Waals surface area contributed by atoms with Crippen molar-refractivity contribution in [2.24, 2.45) is 11.1 Å². The summed E-state index contributed by atoms with van der Waals surface area (Å²) >= 11 is 0. The van der Waals surface area contributed by atoms with Crippen molar-refractivity contribution in [1.29, 1.82) is 0 Å². The second kappa shape index (κ2) is 7.48. The van der Waals surface area contributed by atoms with Gasteiger partial charge in [-0.1, -0.05) is 20.8 Å². The molecule has 1 unspecified atom stereocenters. The molecule has 5 heteroatoms. The molecule has 2 amide bonds. The third-order valence-corrected chi connectivity index (χ3v) is 2.57. The molecule has 0 aliphatic carbocycles. The highest BCUT2D eigenvalue weighted by molar-refractivity contribution is 5.84. The van der Waals surface area contributed by atoms with Crippen LogP contribution in [-0.4, -0.2) is 42.4 Å². The maximum absolute atomic E-state index is 11.9. The summed E-state index contributed by atoms with van der Waals surface area (Å²) in [6.45, 7) is 10.1. The van der Waals surface area contributed by atoms with Gasteiger partial charge in [-0.05, 0) is 25.7 Å². The van der Waals surface area contributed by atoms with E-state index in [4.69, 9.17) is 5.73 Å². The van der Waals surface area contributed by atoms with Crippen LogP contribution in [0.25, 0.3) is 0 Å². The zero-order valence-electron chi connectivity index (χ0n) is 13.1. The van der Waals surface area contributed by atoms with Crippen molar-refractivity contribution in [2.45, 2.75) is 59.5 Å². The Morgan fingerprint density at radius 2 is 1.79 bits per heavy atom. The number of carbonyl (C=O) groups excluding carboxylic acids is 2. The summed E-state index contributed by atoms with van der Waals surface area (Å²) in [6.07, 6.45) is 1.06. The number of nitrogens with two attached hydrogens (primary N) is 1. The predicted molar refractivity (Wildman–Crippen MR) is 77.6 cm³/mol. The number of hydrogen-bond acceptors (Lipinski definition) is 3. The number of hydrogen-bond donors (Lipinski definition) is 2. The van der Waals surface area contributed by atoms with Crippen molar-refractivity contribution in [2.75, 3.05) is 13.6 Å². The zero-order chi connectivity index (χ0) is 15.2. The molecular weight excluding hydrogens is 242 g/mol. The summed E-state index contributed by atoms with van der Waals surface area (Å²) in [6, 6.07) is -0.0812. The standard InChI is InChI=1S/C14H29N3O2/c1-10(2)16-12(18)9-17(6)13(19)7-11(15)8-14(3,4)5/h10-11H,7-9,15H2,1-6H3,(H,16,18). The molecule has 0 fully saturated rings. The molecule has 3 N–H and O–H groups in total. The molecule has 0 saturated carbocycles. The van der Waals surface area contributed by atoms with Crippen molar-refractivity contribution >= 4 is 11.8 Å². The average molecular weight is 271 g/mol. The number of nitrogens with zero attached hydrogens (tertiary/aromatic N) is 1. The van der Waals surface area contributed by atoms with E-state index in [0.717, 1.165) is 6.42 Å². The second-order valence-electron chi connectivity index (χ2n) is 6.70. The monoisotopic (exact) mass is 271 g/mol. The summed E-state index contributed by atoms with van der Waals surface area (Å²) in [7, 11) is 1.63. The van der Waals surface area contributed by atoms with Crippen LogP contribution in [0.5, 0.6) is 0 Å². The number of rotatable bonds is 6. The Kier molecular flexibility index (Phi) is 7.05. The van der Waals surface area contributed by atoms with Gasteiger partial charge in [0.15, 0.2) is 0 Å². The van der Waals surface area contributed by atoms with Gasteiger partial charge in [0.1, 0.15) is 0 Å². The SMILES string of the molecule is CC(C)NC(=O)CN(C)C(=O)CC(N)CC(C)(C)C. The Morgan fingerprint density at radius 3 is 2.21 bits per heavy atom. The summed E-state index contributed by atoms with van der Waals surface area (Å²) in [5.41, 5.74) is 6.07. The van der Waals surface area contributed by atoms with Gasteiger partial charge in [0.25, 0.3) is 0 Å². The molecule has 0 aromatic carbocycles. The van der Waals surface area contributed by atoms with E-state index in [9.17, 15) is 9.59 Å². The van der Waals surface area contributed by atoms with Crippen LogP contribution in [0.1, 0.15) is 47.5 Å². The molecule has 112 valence electrons. The molecule has 5 nitrogen and oxygen atoms in total. The first-order chi connectivity index (χ1) is 8.51. The van der Waals surface area contributed by atoms with Crippen LogP contribution >= 0.6 is 0 Å². The highest BCUT2D eigenvalue weighted by atomic mass is 16.2. The van der Waals surface area contributed by atoms with Crippen LogP contribution in [0.3, 0.4) is 0 Å². The Balaban J connectivity index is 4.16. The van der Waals surface area contributed by atoms with Crippen molar-refractivity contribution in [3.63, 3.8) is 0 Å². The summed E-state index contributed by atoms with van der Waals surface area (Å²) < 4.78 is 0. The lowest BCUT2D eigenvalue weighted by atomic mass is 9.87. The second-order valence-corrected chi connectivity index (χ2v) is 6.70. The van der Waals surface area contributed by atoms with Gasteiger partial charge in [-0.15, -0.1) is 0 Å². The van der Waals surface area contributed by atoms with Gasteiger partial charge in [-0.25, -0.2) is 0 Å². The van der Waals surface area contributed by atoms with Gasteiger partial charge in [0, 0.05) is 25.6 Å². The molecule has 0 saturated heterocycles. The highest BCUT2D eigenvalue weighted by Gasteiger charge is 2.20. The number of carbonyl (C=O) groups is 2. The van der Waals surface area contributed by atoms with E-state index in [1.54, 1.807) is 7.05 Å². The normalized spacial score (nSPS) is 13.3. The number of nitrogens with one attached hydrogen (secondary N) is 1. The van der Waals surface area contributed by atoms with Crippen LogP contribution in [0.4, 0.5) is 0 Å². The van der Waals surface area contributed by atoms with Crippen LogP contribution in [0, 0.1) is 5.41 Å². The van der Waals surface area contributed by atoms with Gasteiger partial charge >= 0.3 is 0 Å². The van der Waals surface area contributed by atoms with Crippen LogP contribution < -0.4 is 11.1 Å². The molecule has 19 heavy (non-hydrogen) atoms. The Morgan fingerprint density at radius 1 is 1.26 bits per heavy atom. The van der Waals surface area contributed by atoms with E-state index in [1.165, 1.54) is 4.90 Å². The first kappa shape index (κ1) is 17.9. The molecule has 0 bridgehead atoms. The van der Waals surface area contributed by atoms with Crippen molar-refractivity contribution < 1.29 is 9.59 Å². The summed E-state index contributed by atoms with van der Waals surface area (Å²) in [5.74, 6) is -0.231. The molecule has 0 radical (unpaired) electrons. The van der Waals surface area contributed by atoms with E-state index in [-0.39, 0.29) is 42.3 Å². The van der Waals surface area contributed by atoms with E-state index >= 15 is 0 Å². The fourth-order valence-corrected chi connectivity index (χ4v) is 1.91. The molecule has 0 rings (SSSR count). The maximum Gasteiger partial charge on any atom is 0.239 e. The fourth-order valence-electron chi connectivity index (χ4n) is 1.91. The minimum atomic E-state index is -0.164. The quantitative estimate of drug-likeness (QED) is 0.760. The van der Waals surface area contributed by atoms with Crippen molar-refractivity contribution in [3.05, 3.63) is 0 Å². The van der Waals surface area contributed by atoms with Crippen LogP contribution in [0.15, 0.2) is 0 Å². The van der Waals surface area contributed by atoms with Gasteiger partial charge < -0.3 is 16.0 Å². The van der Waals surface area contributed by atoms with Crippen molar-refractivity contribution in [3.8, 4) is 0 Å². The summed E-state index contributed by atoms with van der Waals surface area (Å²) in [5, 5.41) is 2.76. The molecular formula is C14H29N3O2. The largest absolute Gasteiger partial charge is 0.352 e. The predicted octanol–water partition coefficient (Wildman–Crippen LogP) is 1.12. The summed E-state index contributed by atoms with van der Waals surface area (Å²) in [4.78, 5) is 24.9. The fraction of sp³-hybridized carbons (Fsp3) is 0.857. The molecule has 0 aromatic rings. The molecule has 1 atom stereocenters. The van der Waals surface area contributed by atoms with Crippen LogP contribution in [0.2, 0.25) is 0 Å². The lowest BCUT2D eigenvalue weighted by Gasteiger charge is -2.24. The maximum atomic E-state index is 11.9. The highest BCUT2D eigenvalue weighted by Crippen LogP contribution is 2.21. The smallest absolute Gasteiger partial charge is 0.239 e. The van der Waals surface area contributed by atoms with Crippen molar-refractivity contribution in [1.82, 2.24) is 10.2 Å². The third-order valence-electron chi connectivity index (χ3n) is 2.57. The lowest BCUT2D eigenvalue weighted by Crippen LogP contribution is -2.42. The number of amides is 2. The Labute approximate surface area is 116 Å². The first-order valence-corrected chi connectivity index (χ1v) is 6.80. The van der Waals surface area contributed by atoms with Gasteiger partial charge in [0.05, 0.1) is 6.54 Å². The van der Waals surface area contributed by atoms with E-state index < -0.39 is 0 Å². The van der Waals surface area contributed by atoms with Gasteiger partial charge in [-0.3, -0.25) is 9.59 Å². The van der Waals surface area contributed by atoms with Gasteiger partial charge in [0.2, 0.25) is 11.8 Å². The van der Waals surface area contributed by atoms with Crippen LogP contribution in [-0.2, 0) is 9.59 Å². The molecule has 0 aliphatic rings. The number of likely N-dealkylation sites (N-methyl/N-ethyl adjacent to an activating group) is 1. The Hall–Kier alpha value is -1.10. The van der Waals surface area contributed by atoms with E-state index in [0.29, 0.717) is 0 Å². The Bertz CT molecular complexity index is 308. The first-order valence-electron chi connectivity index (χ1n) is 6.80. The third kappa shape index (κ3) is 9.47. The zero-order valence-corrected chi connectivity index (χ0v) is 13.1. The minimum Gasteiger partial charge on any atom is -0.352 e. The molecule has 0 spiro atoms. The topological polar surface area (TPSA) is 75.4 Å². The molecule has 0 heterocycles. The minimum absolute atomic E-state index is 0.0825. The lowest BCUT2D eigenvalue weighted by molar-refractivity contribution is -0.135. The molecule has 0 aromatic heterocycles. The van der Waals surface area contributed by atoms with E-state index in [2.05, 4.69) is 26.1 Å². The average Bonchev–Trinajstić information content (AvgIpc) is 2.11.